The minimum absolute atomic E-state index is 0.0434. The molecule has 0 aliphatic heterocycles. The summed E-state index contributed by atoms with van der Waals surface area (Å²) in [5.41, 5.74) is 2.68. The smallest absolute Gasteiger partial charge is 0.162 e. The Morgan fingerprint density at radius 1 is 1.15 bits per heavy atom. The second-order valence-corrected chi connectivity index (χ2v) is 5.82. The van der Waals surface area contributed by atoms with Gasteiger partial charge in [0.05, 0.1) is 0 Å². The predicted octanol–water partition coefficient (Wildman–Crippen LogP) is 4.38. The summed E-state index contributed by atoms with van der Waals surface area (Å²) in [6.07, 6.45) is 0.416. The number of likely N-dealkylation sites (N-methyl/N-ethyl adjacent to an activating group) is 1. The van der Waals surface area contributed by atoms with E-state index in [-0.39, 0.29) is 6.04 Å². The Bertz CT molecular complexity index is 613. The van der Waals surface area contributed by atoms with Gasteiger partial charge in [-0.2, -0.15) is 0 Å². The molecule has 0 saturated heterocycles. The second-order valence-electron chi connectivity index (χ2n) is 4.74. The van der Waals surface area contributed by atoms with Crippen LogP contribution >= 0.6 is 22.6 Å². The van der Waals surface area contributed by atoms with Crippen molar-refractivity contribution in [1.29, 1.82) is 0 Å². The first kappa shape index (κ1) is 15.4. The van der Waals surface area contributed by atoms with E-state index in [9.17, 15) is 8.78 Å². The molecule has 0 saturated carbocycles. The number of rotatable bonds is 4. The lowest BCUT2D eigenvalue weighted by molar-refractivity contribution is 0.486. The molecule has 0 aliphatic carbocycles. The normalized spacial score (nSPS) is 12.4. The van der Waals surface area contributed by atoms with Gasteiger partial charge in [-0.25, -0.2) is 8.78 Å². The number of hydrogen-bond acceptors (Lipinski definition) is 1. The Labute approximate surface area is 131 Å². The van der Waals surface area contributed by atoms with Gasteiger partial charge in [-0.05, 0) is 65.7 Å². The quantitative estimate of drug-likeness (QED) is 0.768. The monoisotopic (exact) mass is 387 g/mol. The molecule has 0 heterocycles. The molecule has 0 fully saturated rings. The van der Waals surface area contributed by atoms with Crippen molar-refractivity contribution in [3.05, 3.63) is 68.3 Å². The molecule has 0 amide bonds. The molecule has 1 unspecified atom stereocenters. The molecule has 2 rings (SSSR count). The lowest BCUT2D eigenvalue weighted by Crippen LogP contribution is -2.21. The van der Waals surface area contributed by atoms with E-state index in [4.69, 9.17) is 0 Å². The fourth-order valence-corrected chi connectivity index (χ4v) is 2.97. The van der Waals surface area contributed by atoms with Crippen molar-refractivity contribution >= 4 is 22.6 Å². The first-order valence-electron chi connectivity index (χ1n) is 6.39. The average molecular weight is 387 g/mol. The number of nitrogens with one attached hydrogen (secondary N) is 1. The first-order valence-corrected chi connectivity index (χ1v) is 7.47. The van der Waals surface area contributed by atoms with Gasteiger partial charge in [0.15, 0.2) is 11.6 Å². The third kappa shape index (κ3) is 3.17. The molecule has 1 atom stereocenters. The Kier molecular flexibility index (Phi) is 5.10. The van der Waals surface area contributed by atoms with Crippen LogP contribution in [0.2, 0.25) is 0 Å². The summed E-state index contributed by atoms with van der Waals surface area (Å²) in [5, 5.41) is 3.19. The second kappa shape index (κ2) is 6.63. The highest BCUT2D eigenvalue weighted by molar-refractivity contribution is 14.1. The van der Waals surface area contributed by atoms with E-state index in [1.165, 1.54) is 5.56 Å². The SMILES string of the molecule is CNC(Cc1cccc(F)c1F)c1cccc(C)c1I. The van der Waals surface area contributed by atoms with Crippen molar-refractivity contribution in [3.8, 4) is 0 Å². The van der Waals surface area contributed by atoms with E-state index in [1.54, 1.807) is 12.1 Å². The van der Waals surface area contributed by atoms with Crippen molar-refractivity contribution < 1.29 is 8.78 Å². The van der Waals surface area contributed by atoms with Crippen LogP contribution in [0.15, 0.2) is 36.4 Å². The maximum atomic E-state index is 13.8. The largest absolute Gasteiger partial charge is 0.313 e. The number of benzene rings is 2. The van der Waals surface area contributed by atoms with Crippen molar-refractivity contribution in [2.24, 2.45) is 0 Å². The van der Waals surface area contributed by atoms with Crippen LogP contribution in [0.1, 0.15) is 22.7 Å². The van der Waals surface area contributed by atoms with E-state index in [1.807, 2.05) is 32.2 Å². The van der Waals surface area contributed by atoms with Gasteiger partial charge in [0.25, 0.3) is 0 Å². The Hall–Kier alpha value is -1.01. The summed E-state index contributed by atoms with van der Waals surface area (Å²) in [7, 11) is 1.83. The summed E-state index contributed by atoms with van der Waals surface area (Å²) in [6.45, 7) is 2.04. The highest BCUT2D eigenvalue weighted by atomic mass is 127. The maximum absolute atomic E-state index is 13.8. The molecule has 4 heteroatoms. The highest BCUT2D eigenvalue weighted by Crippen LogP contribution is 2.26. The molecule has 0 bridgehead atoms. The Morgan fingerprint density at radius 3 is 2.55 bits per heavy atom. The fraction of sp³-hybridized carbons (Fsp3) is 0.250. The first-order chi connectivity index (χ1) is 9.54. The zero-order chi connectivity index (χ0) is 14.7. The zero-order valence-corrected chi connectivity index (χ0v) is 13.5. The lowest BCUT2D eigenvalue weighted by atomic mass is 9.97. The van der Waals surface area contributed by atoms with E-state index < -0.39 is 11.6 Å². The van der Waals surface area contributed by atoms with Gasteiger partial charge in [-0.15, -0.1) is 0 Å². The summed E-state index contributed by atoms with van der Waals surface area (Å²) < 4.78 is 28.2. The summed E-state index contributed by atoms with van der Waals surface area (Å²) in [5.74, 6) is -1.55. The van der Waals surface area contributed by atoms with E-state index in [0.29, 0.717) is 12.0 Å². The molecular weight excluding hydrogens is 371 g/mol. The number of hydrogen-bond donors (Lipinski definition) is 1. The van der Waals surface area contributed by atoms with Gasteiger partial charge >= 0.3 is 0 Å². The van der Waals surface area contributed by atoms with Crippen LogP contribution < -0.4 is 5.32 Å². The number of halogens is 3. The fourth-order valence-electron chi connectivity index (χ4n) is 2.23. The van der Waals surface area contributed by atoms with Crippen LogP contribution in [0.25, 0.3) is 0 Å². The van der Waals surface area contributed by atoms with Crippen LogP contribution in [0.4, 0.5) is 8.78 Å². The molecule has 2 aromatic rings. The molecule has 2 aromatic carbocycles. The molecule has 106 valence electrons. The molecule has 20 heavy (non-hydrogen) atoms. The molecule has 1 N–H and O–H groups in total. The topological polar surface area (TPSA) is 12.0 Å². The molecular formula is C16H16F2IN. The highest BCUT2D eigenvalue weighted by Gasteiger charge is 2.17. The van der Waals surface area contributed by atoms with Crippen molar-refractivity contribution in [3.63, 3.8) is 0 Å². The van der Waals surface area contributed by atoms with Crippen LogP contribution in [-0.4, -0.2) is 7.05 Å². The maximum Gasteiger partial charge on any atom is 0.162 e. The lowest BCUT2D eigenvalue weighted by Gasteiger charge is -2.19. The Balaban J connectivity index is 2.34. The Morgan fingerprint density at radius 2 is 1.85 bits per heavy atom. The van der Waals surface area contributed by atoms with E-state index >= 15 is 0 Å². The molecule has 1 nitrogen and oxygen atoms in total. The molecule has 0 aromatic heterocycles. The summed E-state index contributed by atoms with van der Waals surface area (Å²) in [6, 6.07) is 10.3. The standard InChI is InChI=1S/C16H16F2IN/c1-10-5-3-7-12(16(10)19)14(20-2)9-11-6-4-8-13(17)15(11)18/h3-8,14,20H,9H2,1-2H3. The molecule has 0 spiro atoms. The van der Waals surface area contributed by atoms with Crippen LogP contribution in [0.5, 0.6) is 0 Å². The molecule has 0 aliphatic rings. The third-order valence-electron chi connectivity index (χ3n) is 3.40. The van der Waals surface area contributed by atoms with Crippen molar-refractivity contribution in [2.45, 2.75) is 19.4 Å². The third-order valence-corrected chi connectivity index (χ3v) is 4.87. The van der Waals surface area contributed by atoms with Gasteiger partial charge in [-0.3, -0.25) is 0 Å². The van der Waals surface area contributed by atoms with Crippen LogP contribution in [0.3, 0.4) is 0 Å². The van der Waals surface area contributed by atoms with Crippen LogP contribution in [-0.2, 0) is 6.42 Å². The van der Waals surface area contributed by atoms with Gasteiger partial charge in [-0.1, -0.05) is 30.3 Å². The van der Waals surface area contributed by atoms with E-state index in [0.717, 1.165) is 15.2 Å². The summed E-state index contributed by atoms with van der Waals surface area (Å²) >= 11 is 2.29. The van der Waals surface area contributed by atoms with Gasteiger partial charge < -0.3 is 5.32 Å². The van der Waals surface area contributed by atoms with Gasteiger partial charge in [0.2, 0.25) is 0 Å². The van der Waals surface area contributed by atoms with E-state index in [2.05, 4.69) is 27.9 Å². The van der Waals surface area contributed by atoms with Crippen molar-refractivity contribution in [1.82, 2.24) is 5.32 Å². The van der Waals surface area contributed by atoms with Crippen LogP contribution in [0, 0.1) is 22.1 Å². The number of aryl methyl sites for hydroxylation is 1. The van der Waals surface area contributed by atoms with Gasteiger partial charge in [0.1, 0.15) is 0 Å². The van der Waals surface area contributed by atoms with Crippen molar-refractivity contribution in [2.75, 3.05) is 7.05 Å². The van der Waals surface area contributed by atoms with Gasteiger partial charge in [0, 0.05) is 9.61 Å². The average Bonchev–Trinajstić information content (AvgIpc) is 2.44. The molecule has 0 radical (unpaired) electrons. The summed E-state index contributed by atoms with van der Waals surface area (Å²) in [4.78, 5) is 0. The minimum atomic E-state index is -0.795. The minimum Gasteiger partial charge on any atom is -0.313 e. The predicted molar refractivity (Wildman–Crippen MR) is 85.8 cm³/mol. The zero-order valence-electron chi connectivity index (χ0n) is 11.4.